The number of nitrogens with zero attached hydrogens (tertiary/aromatic N) is 3. The summed E-state index contributed by atoms with van der Waals surface area (Å²) in [7, 11) is 0. The molecule has 1 aromatic carbocycles. The average Bonchev–Trinajstić information content (AvgIpc) is 3.28. The molecule has 1 saturated carbocycles. The predicted octanol–water partition coefficient (Wildman–Crippen LogP) is 2.65. The first-order valence-electron chi connectivity index (χ1n) is 7.82. The van der Waals surface area contributed by atoms with Crippen molar-refractivity contribution in [2.75, 3.05) is 19.6 Å². The number of hydrogen-bond donors (Lipinski definition) is 1. The fraction of sp³-hybridized carbons (Fsp3) is 0.500. The average molecular weight is 339 g/mol. The zero-order valence-corrected chi connectivity index (χ0v) is 13.6. The molecule has 2 heterocycles. The molecule has 2 aromatic rings. The fourth-order valence-corrected chi connectivity index (χ4v) is 2.99. The van der Waals surface area contributed by atoms with E-state index in [1.807, 2.05) is 6.07 Å². The minimum Gasteiger partial charge on any atom is -0.339 e. The zero-order chi connectivity index (χ0) is 14.9. The Morgan fingerprint density at radius 3 is 3.00 bits per heavy atom. The molecule has 4 rings (SSSR count). The fourth-order valence-electron chi connectivity index (χ4n) is 2.99. The van der Waals surface area contributed by atoms with Crippen LogP contribution in [-0.2, 0) is 6.54 Å². The van der Waals surface area contributed by atoms with Crippen molar-refractivity contribution in [2.45, 2.75) is 31.3 Å². The third-order valence-corrected chi connectivity index (χ3v) is 4.34. The molecule has 0 radical (unpaired) electrons. The quantitative estimate of drug-likeness (QED) is 0.928. The number of benzene rings is 1. The van der Waals surface area contributed by atoms with E-state index in [4.69, 9.17) is 4.52 Å². The lowest BCUT2D eigenvalue weighted by atomic mass is 10.0. The molecular weight excluding hydrogens is 319 g/mol. The molecule has 2 aliphatic rings. The molecule has 1 N–H and O–H groups in total. The van der Waals surface area contributed by atoms with Crippen LogP contribution < -0.4 is 5.32 Å². The third kappa shape index (κ3) is 3.71. The second kappa shape index (κ2) is 6.95. The molecule has 0 amide bonds. The van der Waals surface area contributed by atoms with Crippen LogP contribution >= 0.6 is 12.4 Å². The Hall–Kier alpha value is -1.50. The van der Waals surface area contributed by atoms with Crippen LogP contribution in [0.5, 0.6) is 0 Å². The minimum absolute atomic E-state index is 0. The van der Waals surface area contributed by atoms with Gasteiger partial charge in [0.1, 0.15) is 5.82 Å². The normalized spacial score (nSPS) is 21.9. The Bertz CT molecular complexity index is 661. The molecule has 0 bridgehead atoms. The van der Waals surface area contributed by atoms with Gasteiger partial charge in [0.2, 0.25) is 5.89 Å². The number of hydrogen-bond acceptors (Lipinski definition) is 5. The molecule has 1 saturated heterocycles. The van der Waals surface area contributed by atoms with Crippen molar-refractivity contribution >= 4 is 12.4 Å². The molecule has 2 fully saturated rings. The number of piperazine rings is 1. The third-order valence-electron chi connectivity index (χ3n) is 4.34. The maximum Gasteiger partial charge on any atom is 0.229 e. The maximum absolute atomic E-state index is 13.5. The van der Waals surface area contributed by atoms with E-state index in [0.29, 0.717) is 12.5 Å². The summed E-state index contributed by atoms with van der Waals surface area (Å²) >= 11 is 0. The molecule has 1 aliphatic carbocycles. The SMILES string of the molecule is Cl.Fc1cccc(C2CNCCN2Cc2noc(C3CC3)n2)c1. The van der Waals surface area contributed by atoms with Crippen LogP contribution in [0.2, 0.25) is 0 Å². The lowest BCUT2D eigenvalue weighted by molar-refractivity contribution is 0.148. The molecular formula is C16H20ClFN4O. The summed E-state index contributed by atoms with van der Waals surface area (Å²) in [5, 5.41) is 7.47. The van der Waals surface area contributed by atoms with Gasteiger partial charge in [-0.25, -0.2) is 4.39 Å². The van der Waals surface area contributed by atoms with Crippen molar-refractivity contribution in [2.24, 2.45) is 0 Å². The first-order valence-corrected chi connectivity index (χ1v) is 7.82. The molecule has 0 spiro atoms. The van der Waals surface area contributed by atoms with Crippen LogP contribution in [0, 0.1) is 5.82 Å². The van der Waals surface area contributed by atoms with Crippen molar-refractivity contribution < 1.29 is 8.91 Å². The van der Waals surface area contributed by atoms with E-state index in [1.54, 1.807) is 12.1 Å². The van der Waals surface area contributed by atoms with Crippen LogP contribution in [-0.4, -0.2) is 34.7 Å². The van der Waals surface area contributed by atoms with E-state index < -0.39 is 0 Å². The topological polar surface area (TPSA) is 54.2 Å². The van der Waals surface area contributed by atoms with Crippen molar-refractivity contribution in [3.63, 3.8) is 0 Å². The molecule has 1 atom stereocenters. The van der Waals surface area contributed by atoms with Gasteiger partial charge in [-0.3, -0.25) is 4.90 Å². The van der Waals surface area contributed by atoms with Crippen molar-refractivity contribution in [1.82, 2.24) is 20.4 Å². The lowest BCUT2D eigenvalue weighted by Gasteiger charge is -2.35. The standard InChI is InChI=1S/C16H19FN4O.ClH/c17-13-3-1-2-12(8-13)14-9-18-6-7-21(14)10-15-19-16(22-20-15)11-4-5-11;/h1-3,8,11,14,18H,4-7,9-10H2;1H. The molecule has 1 unspecified atom stereocenters. The summed E-state index contributed by atoms with van der Waals surface area (Å²) in [5.74, 6) is 1.78. The van der Waals surface area contributed by atoms with E-state index in [0.717, 1.165) is 49.8 Å². The Morgan fingerprint density at radius 1 is 1.35 bits per heavy atom. The monoisotopic (exact) mass is 338 g/mol. The van der Waals surface area contributed by atoms with Crippen molar-refractivity contribution in [3.8, 4) is 0 Å². The number of rotatable bonds is 4. The van der Waals surface area contributed by atoms with E-state index in [-0.39, 0.29) is 24.3 Å². The number of aromatic nitrogens is 2. The number of nitrogens with one attached hydrogen (secondary N) is 1. The Morgan fingerprint density at radius 2 is 2.22 bits per heavy atom. The van der Waals surface area contributed by atoms with Gasteiger partial charge in [0.15, 0.2) is 5.82 Å². The van der Waals surface area contributed by atoms with Crippen molar-refractivity contribution in [3.05, 3.63) is 47.4 Å². The summed E-state index contributed by atoms with van der Waals surface area (Å²) in [6.45, 7) is 3.24. The highest BCUT2D eigenvalue weighted by Gasteiger charge is 2.31. The Kier molecular flexibility index (Phi) is 4.94. The summed E-state index contributed by atoms with van der Waals surface area (Å²) in [6, 6.07) is 6.95. The van der Waals surface area contributed by atoms with Gasteiger partial charge in [0, 0.05) is 31.6 Å². The molecule has 1 aromatic heterocycles. The number of halogens is 2. The van der Waals surface area contributed by atoms with Gasteiger partial charge in [-0.2, -0.15) is 4.98 Å². The van der Waals surface area contributed by atoms with Crippen LogP contribution in [0.1, 0.15) is 42.1 Å². The molecule has 1 aliphatic heterocycles. The Labute approximate surface area is 140 Å². The van der Waals surface area contributed by atoms with Gasteiger partial charge < -0.3 is 9.84 Å². The molecule has 5 nitrogen and oxygen atoms in total. The minimum atomic E-state index is -0.196. The predicted molar refractivity (Wildman–Crippen MR) is 85.9 cm³/mol. The van der Waals surface area contributed by atoms with Crippen LogP contribution in [0.15, 0.2) is 28.8 Å². The zero-order valence-electron chi connectivity index (χ0n) is 12.7. The molecule has 7 heteroatoms. The van der Waals surface area contributed by atoms with Gasteiger partial charge in [0.25, 0.3) is 0 Å². The summed E-state index contributed by atoms with van der Waals surface area (Å²) in [4.78, 5) is 6.78. The molecule has 23 heavy (non-hydrogen) atoms. The highest BCUT2D eigenvalue weighted by Crippen LogP contribution is 2.39. The maximum atomic E-state index is 13.5. The summed E-state index contributed by atoms with van der Waals surface area (Å²) in [5.41, 5.74) is 0.984. The van der Waals surface area contributed by atoms with Gasteiger partial charge in [0.05, 0.1) is 6.54 Å². The second-order valence-corrected chi connectivity index (χ2v) is 6.07. The van der Waals surface area contributed by atoms with Gasteiger partial charge in [-0.05, 0) is 30.5 Å². The second-order valence-electron chi connectivity index (χ2n) is 6.07. The van der Waals surface area contributed by atoms with Crippen LogP contribution in [0.4, 0.5) is 4.39 Å². The van der Waals surface area contributed by atoms with Crippen LogP contribution in [0.25, 0.3) is 0 Å². The Balaban J connectivity index is 0.00000156. The lowest BCUT2D eigenvalue weighted by Crippen LogP contribution is -2.45. The first kappa shape index (κ1) is 16.4. The van der Waals surface area contributed by atoms with E-state index >= 15 is 0 Å². The summed E-state index contributed by atoms with van der Waals surface area (Å²) < 4.78 is 18.8. The van der Waals surface area contributed by atoms with E-state index in [1.165, 1.54) is 6.07 Å². The largest absolute Gasteiger partial charge is 0.339 e. The highest BCUT2D eigenvalue weighted by molar-refractivity contribution is 5.85. The highest BCUT2D eigenvalue weighted by atomic mass is 35.5. The van der Waals surface area contributed by atoms with Gasteiger partial charge in [-0.1, -0.05) is 17.3 Å². The van der Waals surface area contributed by atoms with E-state index in [2.05, 4.69) is 20.4 Å². The van der Waals surface area contributed by atoms with Crippen LogP contribution in [0.3, 0.4) is 0 Å². The first-order chi connectivity index (χ1) is 10.8. The smallest absolute Gasteiger partial charge is 0.229 e. The van der Waals surface area contributed by atoms with Gasteiger partial charge in [-0.15, -0.1) is 12.4 Å². The van der Waals surface area contributed by atoms with Gasteiger partial charge >= 0.3 is 0 Å². The van der Waals surface area contributed by atoms with E-state index in [9.17, 15) is 4.39 Å². The molecule has 124 valence electrons. The summed E-state index contributed by atoms with van der Waals surface area (Å²) in [6.07, 6.45) is 2.31. The van der Waals surface area contributed by atoms with Crippen molar-refractivity contribution in [1.29, 1.82) is 0 Å².